The maximum atomic E-state index is 13.4. The molecule has 3 rings (SSSR count). The van der Waals surface area contributed by atoms with Crippen molar-refractivity contribution in [1.29, 1.82) is 0 Å². The Kier molecular flexibility index (Phi) is 3.64. The van der Waals surface area contributed by atoms with Crippen LogP contribution in [0.2, 0.25) is 5.02 Å². The lowest BCUT2D eigenvalue weighted by molar-refractivity contribution is 0.153. The molecule has 2 nitrogen and oxygen atoms in total. The van der Waals surface area contributed by atoms with Gasteiger partial charge in [-0.1, -0.05) is 35.9 Å². The molecule has 0 saturated heterocycles. The number of ether oxygens (including phenoxy) is 1. The molecule has 1 aliphatic rings. The van der Waals surface area contributed by atoms with E-state index in [4.69, 9.17) is 16.3 Å². The predicted octanol–water partition coefficient (Wildman–Crippen LogP) is 4.26. The summed E-state index contributed by atoms with van der Waals surface area (Å²) in [4.78, 5) is 0. The molecule has 1 N–H and O–H groups in total. The number of rotatable bonds is 2. The van der Waals surface area contributed by atoms with Crippen LogP contribution in [0.1, 0.15) is 29.7 Å². The van der Waals surface area contributed by atoms with Gasteiger partial charge in [-0.25, -0.2) is 4.39 Å². The zero-order valence-electron chi connectivity index (χ0n) is 11.1. The van der Waals surface area contributed by atoms with E-state index in [0.29, 0.717) is 10.8 Å². The molecule has 0 spiro atoms. The van der Waals surface area contributed by atoms with E-state index in [9.17, 15) is 4.39 Å². The van der Waals surface area contributed by atoms with Gasteiger partial charge in [0.05, 0.1) is 0 Å². The fraction of sp³-hybridized carbons (Fsp3) is 0.250. The van der Waals surface area contributed by atoms with Crippen molar-refractivity contribution in [2.24, 2.45) is 0 Å². The van der Waals surface area contributed by atoms with Crippen molar-refractivity contribution in [3.05, 3.63) is 64.4 Å². The Morgan fingerprint density at radius 2 is 2.00 bits per heavy atom. The van der Waals surface area contributed by atoms with Crippen molar-refractivity contribution in [3.8, 4) is 5.75 Å². The highest BCUT2D eigenvalue weighted by Gasteiger charge is 2.29. The maximum absolute atomic E-state index is 13.4. The Morgan fingerprint density at radius 1 is 1.20 bits per heavy atom. The van der Waals surface area contributed by atoms with E-state index in [1.54, 1.807) is 6.07 Å². The van der Waals surface area contributed by atoms with Gasteiger partial charge in [0.2, 0.25) is 0 Å². The van der Waals surface area contributed by atoms with Crippen molar-refractivity contribution in [3.63, 3.8) is 0 Å². The molecule has 0 saturated carbocycles. The van der Waals surface area contributed by atoms with E-state index in [1.165, 1.54) is 12.1 Å². The van der Waals surface area contributed by atoms with Gasteiger partial charge < -0.3 is 10.1 Å². The molecule has 1 aliphatic heterocycles. The van der Waals surface area contributed by atoms with E-state index in [-0.39, 0.29) is 18.0 Å². The van der Waals surface area contributed by atoms with Crippen LogP contribution in [-0.2, 0) is 0 Å². The minimum absolute atomic E-state index is 0.126. The fourth-order valence-corrected chi connectivity index (χ4v) is 2.90. The molecule has 4 heteroatoms. The number of benzene rings is 2. The van der Waals surface area contributed by atoms with Crippen LogP contribution in [0.3, 0.4) is 0 Å². The molecule has 0 amide bonds. The minimum Gasteiger partial charge on any atom is -0.485 e. The molecule has 2 aromatic carbocycles. The summed E-state index contributed by atoms with van der Waals surface area (Å²) in [6, 6.07) is 12.4. The number of hydrogen-bond acceptors (Lipinski definition) is 2. The highest BCUT2D eigenvalue weighted by atomic mass is 35.5. The summed E-state index contributed by atoms with van der Waals surface area (Å²) < 4.78 is 19.4. The topological polar surface area (TPSA) is 21.3 Å². The van der Waals surface area contributed by atoms with Crippen LogP contribution in [0.4, 0.5) is 4.39 Å². The van der Waals surface area contributed by atoms with Crippen molar-refractivity contribution in [2.75, 3.05) is 7.05 Å². The third-order valence-electron chi connectivity index (χ3n) is 3.67. The van der Waals surface area contributed by atoms with Crippen molar-refractivity contribution in [1.82, 2.24) is 5.32 Å². The van der Waals surface area contributed by atoms with Crippen molar-refractivity contribution < 1.29 is 9.13 Å². The summed E-state index contributed by atoms with van der Waals surface area (Å²) in [6.45, 7) is 0. The minimum atomic E-state index is -0.293. The molecular formula is C16H15ClFNO. The van der Waals surface area contributed by atoms with E-state index < -0.39 is 0 Å². The van der Waals surface area contributed by atoms with Gasteiger partial charge in [0.1, 0.15) is 17.7 Å². The number of nitrogens with one attached hydrogen (secondary N) is 1. The van der Waals surface area contributed by atoms with Crippen molar-refractivity contribution >= 4 is 11.6 Å². The lowest BCUT2D eigenvalue weighted by atomic mass is 9.93. The quantitative estimate of drug-likeness (QED) is 0.892. The summed E-state index contributed by atoms with van der Waals surface area (Å²) in [5.41, 5.74) is 1.92. The van der Waals surface area contributed by atoms with E-state index >= 15 is 0 Å². The first-order valence-corrected chi connectivity index (χ1v) is 6.94. The first-order valence-electron chi connectivity index (χ1n) is 6.57. The monoisotopic (exact) mass is 291 g/mol. The van der Waals surface area contributed by atoms with Crippen LogP contribution < -0.4 is 10.1 Å². The summed E-state index contributed by atoms with van der Waals surface area (Å²) in [5.74, 6) is 0.291. The molecule has 0 bridgehead atoms. The molecule has 104 valence electrons. The molecule has 2 aromatic rings. The molecule has 1 heterocycles. The lowest BCUT2D eigenvalue weighted by Gasteiger charge is -2.32. The van der Waals surface area contributed by atoms with Crippen LogP contribution in [0, 0.1) is 5.82 Å². The second-order valence-electron chi connectivity index (χ2n) is 4.89. The Balaban J connectivity index is 2.00. The van der Waals surface area contributed by atoms with Crippen LogP contribution in [0.15, 0.2) is 42.5 Å². The second kappa shape index (κ2) is 5.43. The summed E-state index contributed by atoms with van der Waals surface area (Å²) >= 11 is 6.23. The average Bonchev–Trinajstić information content (AvgIpc) is 2.46. The van der Waals surface area contributed by atoms with Gasteiger partial charge in [-0.05, 0) is 19.2 Å². The van der Waals surface area contributed by atoms with E-state index in [0.717, 1.165) is 17.5 Å². The van der Waals surface area contributed by atoms with E-state index in [1.807, 2.05) is 31.3 Å². The van der Waals surface area contributed by atoms with Gasteiger partial charge in [0, 0.05) is 34.7 Å². The van der Waals surface area contributed by atoms with Gasteiger partial charge in [-0.2, -0.15) is 0 Å². The van der Waals surface area contributed by atoms with Gasteiger partial charge in [-0.15, -0.1) is 0 Å². The molecule has 2 unspecified atom stereocenters. The summed E-state index contributed by atoms with van der Waals surface area (Å²) in [6.07, 6.45) is 0.592. The molecule has 0 fully saturated rings. The van der Waals surface area contributed by atoms with Crippen LogP contribution in [-0.4, -0.2) is 7.05 Å². The predicted molar refractivity (Wildman–Crippen MR) is 77.6 cm³/mol. The van der Waals surface area contributed by atoms with Gasteiger partial charge in [-0.3, -0.25) is 0 Å². The van der Waals surface area contributed by atoms with Gasteiger partial charge in [0.15, 0.2) is 0 Å². The zero-order chi connectivity index (χ0) is 14.1. The highest BCUT2D eigenvalue weighted by molar-refractivity contribution is 6.31. The Bertz CT molecular complexity index is 632. The molecule has 0 radical (unpaired) electrons. The lowest BCUT2D eigenvalue weighted by Crippen LogP contribution is -2.27. The normalized spacial score (nSPS) is 21.1. The average molecular weight is 292 g/mol. The van der Waals surface area contributed by atoms with Crippen LogP contribution in [0.5, 0.6) is 5.75 Å². The third-order valence-corrected chi connectivity index (χ3v) is 4.01. The van der Waals surface area contributed by atoms with Gasteiger partial charge in [0.25, 0.3) is 0 Å². The zero-order valence-corrected chi connectivity index (χ0v) is 11.8. The van der Waals surface area contributed by atoms with Crippen molar-refractivity contribution in [2.45, 2.75) is 18.6 Å². The van der Waals surface area contributed by atoms with Crippen LogP contribution in [0.25, 0.3) is 0 Å². The Morgan fingerprint density at radius 3 is 2.75 bits per heavy atom. The smallest absolute Gasteiger partial charge is 0.127 e. The molecule has 0 aliphatic carbocycles. The Labute approximate surface area is 122 Å². The SMILES string of the molecule is CNC1CC(c2ccccc2Cl)Oc2cc(F)ccc21. The first kappa shape index (κ1) is 13.4. The van der Waals surface area contributed by atoms with Crippen LogP contribution >= 0.6 is 11.6 Å². The first-order chi connectivity index (χ1) is 9.69. The standard InChI is InChI=1S/C16H15ClFNO/c1-19-14-9-16(11-4-2-3-5-13(11)17)20-15-8-10(18)6-7-12(14)15/h2-8,14,16,19H,9H2,1H3. The number of hydrogen-bond donors (Lipinski definition) is 1. The molecule has 0 aromatic heterocycles. The molecular weight excluding hydrogens is 277 g/mol. The maximum Gasteiger partial charge on any atom is 0.127 e. The van der Waals surface area contributed by atoms with E-state index in [2.05, 4.69) is 5.32 Å². The Hall–Kier alpha value is -1.58. The number of fused-ring (bicyclic) bond motifs is 1. The third kappa shape index (κ3) is 2.39. The molecule has 20 heavy (non-hydrogen) atoms. The molecule has 2 atom stereocenters. The van der Waals surface area contributed by atoms with Gasteiger partial charge >= 0.3 is 0 Å². The number of halogens is 2. The summed E-state index contributed by atoms with van der Waals surface area (Å²) in [7, 11) is 1.90. The summed E-state index contributed by atoms with van der Waals surface area (Å²) in [5, 5.41) is 3.93. The second-order valence-corrected chi connectivity index (χ2v) is 5.29. The fourth-order valence-electron chi connectivity index (χ4n) is 2.64. The highest BCUT2D eigenvalue weighted by Crippen LogP contribution is 2.42. The largest absolute Gasteiger partial charge is 0.485 e.